The molecule has 0 fully saturated rings. The average molecular weight is 241 g/mol. The van der Waals surface area contributed by atoms with Crippen LogP contribution in [0, 0.1) is 19.1 Å². The Kier molecular flexibility index (Phi) is 2.13. The number of hydrogen-bond donors (Lipinski definition) is 0. The van der Waals surface area contributed by atoms with Crippen LogP contribution in [0.25, 0.3) is 22.6 Å². The first kappa shape index (κ1) is 10.8. The van der Waals surface area contributed by atoms with Crippen molar-refractivity contribution in [2.24, 2.45) is 0 Å². The van der Waals surface area contributed by atoms with Crippen molar-refractivity contribution >= 4 is 11.1 Å². The number of fused-ring (bicyclic) bond motifs is 2. The highest BCUT2D eigenvalue weighted by Gasteiger charge is 2.24. The van der Waals surface area contributed by atoms with Crippen LogP contribution in [0.5, 0.6) is 0 Å². The van der Waals surface area contributed by atoms with Gasteiger partial charge in [0.15, 0.2) is 11.0 Å². The molecule has 4 heteroatoms. The molecular formula is C14H11NO3. The van der Waals surface area contributed by atoms with Crippen LogP contribution in [0.15, 0.2) is 39.5 Å². The van der Waals surface area contributed by atoms with Crippen LogP contribution < -0.4 is 10.2 Å². The molecule has 1 aromatic carbocycles. The molecule has 0 amide bonds. The predicted octanol–water partition coefficient (Wildman–Crippen LogP) is 2.15. The van der Waals surface area contributed by atoms with Crippen LogP contribution in [0.3, 0.4) is 0 Å². The molecule has 0 radical (unpaired) electrons. The largest absolute Gasteiger partial charge is 0.618 e. The molecule has 2 aliphatic rings. The summed E-state index contributed by atoms with van der Waals surface area (Å²) in [5.41, 5.74) is 2.50. The Morgan fingerprint density at radius 1 is 1.17 bits per heavy atom. The molecule has 0 saturated carbocycles. The van der Waals surface area contributed by atoms with E-state index in [0.29, 0.717) is 33.7 Å². The first-order chi connectivity index (χ1) is 8.59. The van der Waals surface area contributed by atoms with Crippen molar-refractivity contribution in [3.05, 3.63) is 56.9 Å². The van der Waals surface area contributed by atoms with E-state index >= 15 is 0 Å². The quantitative estimate of drug-likeness (QED) is 0.344. The van der Waals surface area contributed by atoms with Crippen molar-refractivity contribution < 1.29 is 9.15 Å². The van der Waals surface area contributed by atoms with Gasteiger partial charge in [-0.05, 0) is 19.9 Å². The van der Waals surface area contributed by atoms with Gasteiger partial charge in [0, 0.05) is 23.3 Å². The number of benzene rings is 2. The second kappa shape index (κ2) is 3.57. The van der Waals surface area contributed by atoms with Crippen molar-refractivity contribution in [2.45, 2.75) is 13.8 Å². The van der Waals surface area contributed by atoms with Crippen molar-refractivity contribution in [2.75, 3.05) is 0 Å². The summed E-state index contributed by atoms with van der Waals surface area (Å²) >= 11 is 0. The summed E-state index contributed by atoms with van der Waals surface area (Å²) in [5, 5.41) is 12.3. The van der Waals surface area contributed by atoms with Crippen LogP contribution in [0.2, 0.25) is 0 Å². The van der Waals surface area contributed by atoms with Gasteiger partial charge in [-0.3, -0.25) is 4.79 Å². The minimum Gasteiger partial charge on any atom is -0.618 e. The molecule has 0 spiro atoms. The first-order valence-electron chi connectivity index (χ1n) is 5.65. The number of rotatable bonds is 0. The smallest absolute Gasteiger partial charge is 0.263 e. The highest BCUT2D eigenvalue weighted by Crippen LogP contribution is 2.25. The molecule has 90 valence electrons. The van der Waals surface area contributed by atoms with Gasteiger partial charge in [-0.2, -0.15) is 4.73 Å². The normalized spacial score (nSPS) is 11.2. The topological polar surface area (TPSA) is 57.2 Å². The van der Waals surface area contributed by atoms with Gasteiger partial charge in [-0.1, -0.05) is 12.1 Å². The Morgan fingerprint density at radius 2 is 1.89 bits per heavy atom. The number of para-hydroxylation sites is 2. The summed E-state index contributed by atoms with van der Waals surface area (Å²) in [6, 6.07) is 8.35. The molecule has 18 heavy (non-hydrogen) atoms. The predicted molar refractivity (Wildman–Crippen MR) is 67.5 cm³/mol. The zero-order valence-electron chi connectivity index (χ0n) is 10.1. The second-order valence-corrected chi connectivity index (χ2v) is 4.34. The van der Waals surface area contributed by atoms with E-state index in [2.05, 4.69) is 0 Å². The molecule has 0 bridgehead atoms. The summed E-state index contributed by atoms with van der Waals surface area (Å²) in [6.07, 6.45) is 0. The molecule has 1 aromatic rings. The third-order valence-corrected chi connectivity index (χ3v) is 3.29. The molecule has 3 rings (SSSR count). The van der Waals surface area contributed by atoms with E-state index in [9.17, 15) is 10.0 Å². The molecule has 0 unspecified atom stereocenters. The molecular weight excluding hydrogens is 230 g/mol. The molecule has 1 aliphatic heterocycles. The number of nitrogens with zero attached hydrogens (tertiary/aromatic N) is 1. The summed E-state index contributed by atoms with van der Waals surface area (Å²) in [6.45, 7) is 3.48. The van der Waals surface area contributed by atoms with Crippen LogP contribution in [-0.2, 0) is 0 Å². The van der Waals surface area contributed by atoms with E-state index in [-0.39, 0.29) is 5.43 Å². The average Bonchev–Trinajstić information content (AvgIpc) is 2.36. The van der Waals surface area contributed by atoms with E-state index in [1.807, 2.05) is 0 Å². The van der Waals surface area contributed by atoms with E-state index in [1.165, 1.54) is 6.07 Å². The summed E-state index contributed by atoms with van der Waals surface area (Å²) in [5.74, 6) is 0.330. The minimum absolute atomic E-state index is 0.112. The maximum absolute atomic E-state index is 12.3. The number of aromatic nitrogens is 1. The molecule has 0 atom stereocenters. The molecule has 0 N–H and O–H groups in total. The zero-order chi connectivity index (χ0) is 12.9. The Bertz CT molecular complexity index is 789. The maximum atomic E-state index is 12.3. The minimum atomic E-state index is -0.112. The van der Waals surface area contributed by atoms with Gasteiger partial charge in [0.25, 0.3) is 11.2 Å². The van der Waals surface area contributed by atoms with Crippen LogP contribution in [-0.4, -0.2) is 0 Å². The first-order valence-corrected chi connectivity index (χ1v) is 5.65. The van der Waals surface area contributed by atoms with Crippen molar-refractivity contribution in [3.63, 3.8) is 0 Å². The van der Waals surface area contributed by atoms with Crippen LogP contribution >= 0.6 is 0 Å². The highest BCUT2D eigenvalue weighted by molar-refractivity contribution is 5.72. The lowest BCUT2D eigenvalue weighted by molar-refractivity contribution is -0.567. The fourth-order valence-corrected chi connectivity index (χ4v) is 2.12. The SMILES string of the molecule is Cc1c(C)c(=O)cc2oc3ccccc3[n+]([O-])c1-2. The molecule has 0 saturated heterocycles. The monoisotopic (exact) mass is 241 g/mol. The lowest BCUT2D eigenvalue weighted by Gasteiger charge is -2.12. The van der Waals surface area contributed by atoms with Gasteiger partial charge in [-0.15, -0.1) is 0 Å². The van der Waals surface area contributed by atoms with E-state index in [0.717, 1.165) is 4.73 Å². The van der Waals surface area contributed by atoms with Gasteiger partial charge in [-0.25, -0.2) is 0 Å². The lowest BCUT2D eigenvalue weighted by Crippen LogP contribution is -2.33. The van der Waals surface area contributed by atoms with Gasteiger partial charge < -0.3 is 9.62 Å². The summed E-state index contributed by atoms with van der Waals surface area (Å²) in [7, 11) is 0. The molecule has 1 aliphatic carbocycles. The van der Waals surface area contributed by atoms with Crippen molar-refractivity contribution in [1.82, 2.24) is 0 Å². The van der Waals surface area contributed by atoms with Gasteiger partial charge >= 0.3 is 0 Å². The molecule has 1 heterocycles. The lowest BCUT2D eigenvalue weighted by atomic mass is 10.0. The Hall–Kier alpha value is -2.36. The van der Waals surface area contributed by atoms with Gasteiger partial charge in [0.1, 0.15) is 0 Å². The Morgan fingerprint density at radius 3 is 2.67 bits per heavy atom. The zero-order valence-corrected chi connectivity index (χ0v) is 10.1. The van der Waals surface area contributed by atoms with Crippen molar-refractivity contribution in [1.29, 1.82) is 0 Å². The molecule has 4 nitrogen and oxygen atoms in total. The third kappa shape index (κ3) is 1.32. The van der Waals surface area contributed by atoms with Crippen LogP contribution in [0.1, 0.15) is 11.1 Å². The standard InChI is InChI=1S/C14H11NO3/c1-8-9(2)14-13(7-11(8)16)18-12-6-4-3-5-10(12)15(14)17/h3-7H,1-2H3. The summed E-state index contributed by atoms with van der Waals surface area (Å²) < 4.78 is 6.45. The van der Waals surface area contributed by atoms with E-state index in [1.54, 1.807) is 38.1 Å². The second-order valence-electron chi connectivity index (χ2n) is 4.34. The van der Waals surface area contributed by atoms with E-state index in [4.69, 9.17) is 4.42 Å². The summed E-state index contributed by atoms with van der Waals surface area (Å²) in [4.78, 5) is 11.7. The fourth-order valence-electron chi connectivity index (χ4n) is 2.12. The Balaban J connectivity index is 2.61. The fraction of sp³-hybridized carbons (Fsp3) is 0.143. The van der Waals surface area contributed by atoms with Crippen LogP contribution in [0.4, 0.5) is 0 Å². The highest BCUT2D eigenvalue weighted by atomic mass is 16.5. The maximum Gasteiger partial charge on any atom is 0.263 e. The molecule has 0 aromatic heterocycles. The number of hydrogen-bond acceptors (Lipinski definition) is 3. The van der Waals surface area contributed by atoms with Gasteiger partial charge in [0.05, 0.1) is 0 Å². The van der Waals surface area contributed by atoms with Crippen molar-refractivity contribution in [3.8, 4) is 11.5 Å². The Labute approximate surface area is 103 Å². The third-order valence-electron chi connectivity index (χ3n) is 3.29. The van der Waals surface area contributed by atoms with E-state index < -0.39 is 0 Å². The van der Waals surface area contributed by atoms with Gasteiger partial charge in [0.2, 0.25) is 5.76 Å².